The topological polar surface area (TPSA) is 55.6 Å². The maximum atomic E-state index is 5.81. The molecule has 0 radical (unpaired) electrons. The summed E-state index contributed by atoms with van der Waals surface area (Å²) in [6.45, 7) is 6.94. The van der Waals surface area contributed by atoms with Crippen LogP contribution in [0.15, 0.2) is 36.7 Å². The van der Waals surface area contributed by atoms with E-state index < -0.39 is 0 Å². The average molecular weight is 379 g/mol. The van der Waals surface area contributed by atoms with Crippen LogP contribution < -0.4 is 4.74 Å². The summed E-state index contributed by atoms with van der Waals surface area (Å²) in [5.74, 6) is 1.49. The molecular weight excluding hydrogens is 358 g/mol. The van der Waals surface area contributed by atoms with Gasteiger partial charge in [0.2, 0.25) is 0 Å². The highest BCUT2D eigenvalue weighted by molar-refractivity contribution is 7.19. The number of benzene rings is 1. The number of aromatic nitrogens is 4. The van der Waals surface area contributed by atoms with Crippen LogP contribution in [0, 0.1) is 0 Å². The number of thiophene rings is 1. The monoisotopic (exact) mass is 379 g/mol. The molecule has 0 amide bonds. The molecule has 1 aliphatic heterocycles. The molecule has 0 unspecified atom stereocenters. The molecule has 6 nitrogen and oxygen atoms in total. The van der Waals surface area contributed by atoms with Crippen molar-refractivity contribution in [3.05, 3.63) is 52.9 Å². The molecule has 5 rings (SSSR count). The smallest absolute Gasteiger partial charge is 0.189 e. The second-order valence-corrected chi connectivity index (χ2v) is 8.22. The van der Waals surface area contributed by atoms with Gasteiger partial charge in [0, 0.05) is 24.0 Å². The molecule has 1 aliphatic rings. The number of rotatable bonds is 4. The summed E-state index contributed by atoms with van der Waals surface area (Å²) in [5, 5.41) is 5.73. The van der Waals surface area contributed by atoms with Gasteiger partial charge in [0.05, 0.1) is 5.39 Å². The molecule has 0 saturated heterocycles. The van der Waals surface area contributed by atoms with Crippen LogP contribution in [0.1, 0.15) is 30.1 Å². The van der Waals surface area contributed by atoms with E-state index in [4.69, 9.17) is 9.72 Å². The highest BCUT2D eigenvalue weighted by Gasteiger charge is 2.25. The molecule has 1 aromatic carbocycles. The van der Waals surface area contributed by atoms with E-state index in [-0.39, 0.29) is 0 Å². The molecule has 0 atom stereocenters. The molecule has 0 aliphatic carbocycles. The fourth-order valence-electron chi connectivity index (χ4n) is 3.62. The van der Waals surface area contributed by atoms with Crippen LogP contribution in [0.25, 0.3) is 15.9 Å². The van der Waals surface area contributed by atoms with E-state index in [1.807, 2.05) is 30.3 Å². The number of hydrogen-bond acceptors (Lipinski definition) is 6. The van der Waals surface area contributed by atoms with E-state index >= 15 is 0 Å². The van der Waals surface area contributed by atoms with E-state index in [1.54, 1.807) is 22.2 Å². The molecule has 0 bridgehead atoms. The molecule has 4 aromatic rings. The molecular formula is C20H21N5OS. The molecule has 4 heterocycles. The predicted molar refractivity (Wildman–Crippen MR) is 106 cm³/mol. The van der Waals surface area contributed by atoms with E-state index in [0.717, 1.165) is 35.7 Å². The van der Waals surface area contributed by atoms with E-state index in [2.05, 4.69) is 28.8 Å². The van der Waals surface area contributed by atoms with Crippen LogP contribution in [-0.4, -0.2) is 37.1 Å². The summed E-state index contributed by atoms with van der Waals surface area (Å²) >= 11 is 1.79. The Bertz CT molecular complexity index is 1100. The van der Waals surface area contributed by atoms with Gasteiger partial charge in [0.25, 0.3) is 0 Å². The van der Waals surface area contributed by atoms with Crippen molar-refractivity contribution in [3.63, 3.8) is 0 Å². The average Bonchev–Trinajstić information content (AvgIpc) is 3.26. The standard InChI is InChI=1S/C20H21N5OS/c1-13(2)24-9-8-15-16(10-24)27-20-18(15)19-22-17(23-25(19)12-21-20)11-26-14-6-4-3-5-7-14/h3-7,12-13H,8-11H2,1-2H3. The van der Waals surface area contributed by atoms with Gasteiger partial charge in [0.15, 0.2) is 11.5 Å². The minimum absolute atomic E-state index is 0.348. The lowest BCUT2D eigenvalue weighted by molar-refractivity contribution is 0.206. The van der Waals surface area contributed by atoms with Crippen LogP contribution in [0.5, 0.6) is 5.75 Å². The molecule has 0 N–H and O–H groups in total. The number of ether oxygens (including phenoxy) is 1. The van der Waals surface area contributed by atoms with E-state index in [1.165, 1.54) is 15.8 Å². The van der Waals surface area contributed by atoms with Crippen LogP contribution in [0.3, 0.4) is 0 Å². The number of nitrogens with zero attached hydrogens (tertiary/aromatic N) is 5. The van der Waals surface area contributed by atoms with Crippen molar-refractivity contribution in [1.82, 2.24) is 24.5 Å². The third kappa shape index (κ3) is 2.96. The molecule has 0 saturated carbocycles. The van der Waals surface area contributed by atoms with Gasteiger partial charge < -0.3 is 4.74 Å². The van der Waals surface area contributed by atoms with Crippen molar-refractivity contribution < 1.29 is 4.74 Å². The summed E-state index contributed by atoms with van der Waals surface area (Å²) in [4.78, 5) is 14.4. The molecule has 0 spiro atoms. The second-order valence-electron chi connectivity index (χ2n) is 7.14. The van der Waals surface area contributed by atoms with Crippen molar-refractivity contribution in [1.29, 1.82) is 0 Å². The summed E-state index contributed by atoms with van der Waals surface area (Å²) in [5.41, 5.74) is 2.29. The van der Waals surface area contributed by atoms with E-state index in [0.29, 0.717) is 18.5 Å². The SMILES string of the molecule is CC(C)N1CCc2c(sc3ncn4nc(COc5ccccc5)nc4c23)C1. The lowest BCUT2D eigenvalue weighted by Gasteiger charge is -2.30. The quantitative estimate of drug-likeness (QED) is 0.541. The maximum absolute atomic E-state index is 5.81. The normalized spacial score (nSPS) is 14.9. The van der Waals surface area contributed by atoms with Crippen molar-refractivity contribution in [2.24, 2.45) is 0 Å². The highest BCUT2D eigenvalue weighted by Crippen LogP contribution is 2.36. The molecule has 3 aromatic heterocycles. The largest absolute Gasteiger partial charge is 0.486 e. The van der Waals surface area contributed by atoms with Gasteiger partial charge in [-0.3, -0.25) is 4.90 Å². The fraction of sp³-hybridized carbons (Fsp3) is 0.350. The zero-order valence-corrected chi connectivity index (χ0v) is 16.2. The Labute approximate surface area is 161 Å². The molecule has 138 valence electrons. The first kappa shape index (κ1) is 16.6. The third-order valence-corrected chi connectivity index (χ3v) is 6.22. The number of hydrogen-bond donors (Lipinski definition) is 0. The van der Waals surface area contributed by atoms with Gasteiger partial charge in [-0.25, -0.2) is 14.5 Å². The Balaban J connectivity index is 1.50. The highest BCUT2D eigenvalue weighted by atomic mass is 32.1. The number of fused-ring (bicyclic) bond motifs is 5. The summed E-state index contributed by atoms with van der Waals surface area (Å²) < 4.78 is 7.59. The van der Waals surface area contributed by atoms with Crippen molar-refractivity contribution in [2.45, 2.75) is 39.5 Å². The Kier molecular flexibility index (Phi) is 4.06. The van der Waals surface area contributed by atoms with Gasteiger partial charge in [-0.2, -0.15) is 0 Å². The first-order valence-electron chi connectivity index (χ1n) is 9.25. The Hall–Kier alpha value is -2.51. The number of para-hydroxylation sites is 1. The second kappa shape index (κ2) is 6.58. The van der Waals surface area contributed by atoms with Gasteiger partial charge in [0.1, 0.15) is 23.5 Å². The van der Waals surface area contributed by atoms with Crippen LogP contribution in [0.2, 0.25) is 0 Å². The van der Waals surface area contributed by atoms with Crippen molar-refractivity contribution >= 4 is 27.2 Å². The molecule has 27 heavy (non-hydrogen) atoms. The Morgan fingerprint density at radius 3 is 2.89 bits per heavy atom. The molecule has 0 fully saturated rings. The first-order valence-corrected chi connectivity index (χ1v) is 10.1. The van der Waals surface area contributed by atoms with Gasteiger partial charge in [-0.05, 0) is 38.0 Å². The minimum atomic E-state index is 0.348. The lowest BCUT2D eigenvalue weighted by Crippen LogP contribution is -2.35. The fourth-order valence-corrected chi connectivity index (χ4v) is 4.83. The minimum Gasteiger partial charge on any atom is -0.486 e. The Morgan fingerprint density at radius 2 is 2.07 bits per heavy atom. The first-order chi connectivity index (χ1) is 13.2. The van der Waals surface area contributed by atoms with Crippen molar-refractivity contribution in [2.75, 3.05) is 6.54 Å². The lowest BCUT2D eigenvalue weighted by atomic mass is 10.0. The Morgan fingerprint density at radius 1 is 1.22 bits per heavy atom. The van der Waals surface area contributed by atoms with E-state index in [9.17, 15) is 0 Å². The van der Waals surface area contributed by atoms with Crippen LogP contribution in [0.4, 0.5) is 0 Å². The zero-order chi connectivity index (χ0) is 18.4. The van der Waals surface area contributed by atoms with Gasteiger partial charge in [-0.1, -0.05) is 18.2 Å². The van der Waals surface area contributed by atoms with Crippen molar-refractivity contribution in [3.8, 4) is 5.75 Å². The maximum Gasteiger partial charge on any atom is 0.189 e. The van der Waals surface area contributed by atoms with Crippen LogP contribution >= 0.6 is 11.3 Å². The predicted octanol–water partition coefficient (Wildman–Crippen LogP) is 3.68. The van der Waals surface area contributed by atoms with Gasteiger partial charge in [-0.15, -0.1) is 16.4 Å². The molecule has 7 heteroatoms. The zero-order valence-electron chi connectivity index (χ0n) is 15.4. The third-order valence-electron chi connectivity index (χ3n) is 5.09. The van der Waals surface area contributed by atoms with Gasteiger partial charge >= 0.3 is 0 Å². The summed E-state index contributed by atoms with van der Waals surface area (Å²) in [6.07, 6.45) is 2.80. The summed E-state index contributed by atoms with van der Waals surface area (Å²) in [7, 11) is 0. The summed E-state index contributed by atoms with van der Waals surface area (Å²) in [6, 6.07) is 10.3. The van der Waals surface area contributed by atoms with Crippen LogP contribution in [-0.2, 0) is 19.6 Å².